The lowest BCUT2D eigenvalue weighted by atomic mass is 10.0. The number of nitrogens with zero attached hydrogens (tertiary/aromatic N) is 1. The normalized spacial score (nSPS) is 11.5. The van der Waals surface area contributed by atoms with Crippen molar-refractivity contribution in [2.75, 3.05) is 7.11 Å². The van der Waals surface area contributed by atoms with E-state index in [0.717, 1.165) is 34.4 Å². The predicted molar refractivity (Wildman–Crippen MR) is 103 cm³/mol. The standard InChI is InChI=1S/C11H11ClO2.C10H9NO/c1-2-3-10(13)8-4-7-6-14-11(7)5-9(8)12;1-12-9-6-2-4-8-5-3-7-11-10(8)9/h4-5H,2-3,6H2,1H3;2-7H,1H3. The summed E-state index contributed by atoms with van der Waals surface area (Å²) in [6, 6.07) is 13.4. The Morgan fingerprint density at radius 3 is 2.77 bits per heavy atom. The van der Waals surface area contributed by atoms with Gasteiger partial charge in [-0.3, -0.25) is 9.78 Å². The Kier molecular flexibility index (Phi) is 5.74. The summed E-state index contributed by atoms with van der Waals surface area (Å²) in [6.45, 7) is 2.58. The fraction of sp³-hybridized carbons (Fsp3) is 0.238. The van der Waals surface area contributed by atoms with E-state index in [9.17, 15) is 4.79 Å². The molecule has 1 aromatic heterocycles. The lowest BCUT2D eigenvalue weighted by Crippen LogP contribution is -2.11. The van der Waals surface area contributed by atoms with Gasteiger partial charge in [-0.05, 0) is 30.7 Å². The molecule has 1 aliphatic heterocycles. The lowest BCUT2D eigenvalue weighted by molar-refractivity contribution is 0.0981. The Balaban J connectivity index is 0.000000152. The van der Waals surface area contributed by atoms with Gasteiger partial charge in [0.25, 0.3) is 0 Å². The van der Waals surface area contributed by atoms with Crippen LogP contribution in [-0.2, 0) is 6.61 Å². The van der Waals surface area contributed by atoms with E-state index in [0.29, 0.717) is 23.6 Å². The second-order valence-corrected chi connectivity index (χ2v) is 6.34. The minimum Gasteiger partial charge on any atom is -0.494 e. The molecular formula is C21H20ClNO3. The molecule has 26 heavy (non-hydrogen) atoms. The topological polar surface area (TPSA) is 48.4 Å². The molecule has 0 aliphatic carbocycles. The highest BCUT2D eigenvalue weighted by Gasteiger charge is 2.20. The van der Waals surface area contributed by atoms with Crippen molar-refractivity contribution < 1.29 is 14.3 Å². The number of hydrogen-bond donors (Lipinski definition) is 0. The van der Waals surface area contributed by atoms with E-state index in [1.807, 2.05) is 43.3 Å². The third-order valence-corrected chi connectivity index (χ3v) is 4.44. The number of carbonyl (C=O) groups excluding carboxylic acids is 1. The molecule has 4 rings (SSSR count). The number of para-hydroxylation sites is 1. The monoisotopic (exact) mass is 369 g/mol. The number of halogens is 1. The molecule has 0 saturated heterocycles. The molecule has 0 N–H and O–H groups in total. The highest BCUT2D eigenvalue weighted by molar-refractivity contribution is 6.34. The van der Waals surface area contributed by atoms with E-state index in [2.05, 4.69) is 4.98 Å². The van der Waals surface area contributed by atoms with Gasteiger partial charge in [-0.15, -0.1) is 0 Å². The fourth-order valence-corrected chi connectivity index (χ4v) is 3.00. The van der Waals surface area contributed by atoms with E-state index in [1.165, 1.54) is 0 Å². The molecule has 2 heterocycles. The van der Waals surface area contributed by atoms with Gasteiger partial charge >= 0.3 is 0 Å². The molecule has 0 atom stereocenters. The molecule has 0 radical (unpaired) electrons. The Morgan fingerprint density at radius 2 is 2.08 bits per heavy atom. The van der Waals surface area contributed by atoms with Crippen LogP contribution in [0, 0.1) is 0 Å². The van der Waals surface area contributed by atoms with Crippen LogP contribution in [0.5, 0.6) is 11.5 Å². The summed E-state index contributed by atoms with van der Waals surface area (Å²) >= 11 is 5.97. The van der Waals surface area contributed by atoms with Crippen LogP contribution in [-0.4, -0.2) is 17.9 Å². The summed E-state index contributed by atoms with van der Waals surface area (Å²) in [4.78, 5) is 15.9. The van der Waals surface area contributed by atoms with E-state index < -0.39 is 0 Å². The van der Waals surface area contributed by atoms with E-state index in [-0.39, 0.29) is 5.78 Å². The van der Waals surface area contributed by atoms with Crippen molar-refractivity contribution in [3.05, 3.63) is 64.8 Å². The number of aromatic nitrogens is 1. The number of pyridine rings is 1. The number of hydrogen-bond acceptors (Lipinski definition) is 4. The molecule has 0 saturated carbocycles. The van der Waals surface area contributed by atoms with Crippen LogP contribution in [0.25, 0.3) is 10.9 Å². The van der Waals surface area contributed by atoms with Gasteiger partial charge in [-0.1, -0.05) is 36.7 Å². The summed E-state index contributed by atoms with van der Waals surface area (Å²) < 4.78 is 10.3. The molecule has 5 heteroatoms. The molecule has 1 aliphatic rings. The third-order valence-electron chi connectivity index (χ3n) is 4.13. The van der Waals surface area contributed by atoms with Crippen molar-refractivity contribution in [1.29, 1.82) is 0 Å². The van der Waals surface area contributed by atoms with Crippen LogP contribution in [0.3, 0.4) is 0 Å². The molecule has 134 valence electrons. The number of fused-ring (bicyclic) bond motifs is 2. The summed E-state index contributed by atoms with van der Waals surface area (Å²) in [5, 5.41) is 1.61. The third kappa shape index (κ3) is 3.81. The van der Waals surface area contributed by atoms with Gasteiger partial charge in [0, 0.05) is 29.1 Å². The van der Waals surface area contributed by atoms with Gasteiger partial charge < -0.3 is 9.47 Å². The van der Waals surface area contributed by atoms with E-state index in [4.69, 9.17) is 21.1 Å². The molecule has 0 bridgehead atoms. The molecule has 2 aromatic carbocycles. The minimum atomic E-state index is 0.118. The second kappa shape index (κ2) is 8.19. The Labute approximate surface area is 157 Å². The minimum absolute atomic E-state index is 0.118. The molecule has 0 fully saturated rings. The molecule has 3 aromatic rings. The largest absolute Gasteiger partial charge is 0.494 e. The van der Waals surface area contributed by atoms with Gasteiger partial charge in [-0.25, -0.2) is 0 Å². The maximum atomic E-state index is 11.6. The molecule has 0 amide bonds. The summed E-state index contributed by atoms with van der Waals surface area (Å²) in [6.07, 6.45) is 3.17. The first-order chi connectivity index (χ1) is 12.6. The quantitative estimate of drug-likeness (QED) is 0.573. The average molecular weight is 370 g/mol. The molecular weight excluding hydrogens is 350 g/mol. The Bertz CT molecular complexity index is 934. The van der Waals surface area contributed by atoms with Crippen molar-refractivity contribution in [3.63, 3.8) is 0 Å². The number of ketones is 1. The summed E-state index contributed by atoms with van der Waals surface area (Å²) in [5.41, 5.74) is 2.63. The first-order valence-electron chi connectivity index (χ1n) is 8.50. The van der Waals surface area contributed by atoms with Crippen LogP contribution < -0.4 is 9.47 Å². The number of ether oxygens (including phenoxy) is 2. The summed E-state index contributed by atoms with van der Waals surface area (Å²) in [5.74, 6) is 1.75. The zero-order valence-corrected chi connectivity index (χ0v) is 15.5. The zero-order chi connectivity index (χ0) is 18.5. The van der Waals surface area contributed by atoms with Crippen molar-refractivity contribution in [2.24, 2.45) is 0 Å². The van der Waals surface area contributed by atoms with Gasteiger partial charge in [0.05, 0.1) is 12.1 Å². The first kappa shape index (κ1) is 18.2. The summed E-state index contributed by atoms with van der Waals surface area (Å²) in [7, 11) is 1.66. The highest BCUT2D eigenvalue weighted by Crippen LogP contribution is 2.34. The van der Waals surface area contributed by atoms with Gasteiger partial charge in [0.1, 0.15) is 23.6 Å². The maximum absolute atomic E-state index is 11.6. The van der Waals surface area contributed by atoms with Crippen molar-refractivity contribution >= 4 is 28.3 Å². The maximum Gasteiger partial charge on any atom is 0.164 e. The van der Waals surface area contributed by atoms with Crippen LogP contribution in [0.4, 0.5) is 0 Å². The number of rotatable bonds is 4. The van der Waals surface area contributed by atoms with Crippen LogP contribution >= 0.6 is 11.6 Å². The molecule has 0 unspecified atom stereocenters. The zero-order valence-electron chi connectivity index (χ0n) is 14.8. The van der Waals surface area contributed by atoms with Crippen molar-refractivity contribution in [1.82, 2.24) is 4.98 Å². The number of carbonyl (C=O) groups is 1. The Hall–Kier alpha value is -2.59. The second-order valence-electron chi connectivity index (χ2n) is 5.94. The lowest BCUT2D eigenvalue weighted by Gasteiger charge is -2.21. The van der Waals surface area contributed by atoms with Gasteiger partial charge in [0.15, 0.2) is 5.78 Å². The molecule has 0 spiro atoms. The number of methoxy groups -OCH3 is 1. The van der Waals surface area contributed by atoms with E-state index >= 15 is 0 Å². The number of benzene rings is 2. The molecule has 4 nitrogen and oxygen atoms in total. The predicted octanol–water partition coefficient (Wildman–Crippen LogP) is 5.46. The van der Waals surface area contributed by atoms with Gasteiger partial charge in [0.2, 0.25) is 0 Å². The first-order valence-corrected chi connectivity index (χ1v) is 8.88. The smallest absolute Gasteiger partial charge is 0.164 e. The average Bonchev–Trinajstić information content (AvgIpc) is 2.65. The van der Waals surface area contributed by atoms with Crippen LogP contribution in [0.1, 0.15) is 35.7 Å². The fourth-order valence-electron chi connectivity index (χ4n) is 2.74. The SMILES string of the molecule is CCCC(=O)c1cc2c(cc1Cl)OC2.COc1cccc2cccnc12. The van der Waals surface area contributed by atoms with E-state index in [1.54, 1.807) is 19.4 Å². The number of Topliss-reactive ketones (excluding diaryl/α,β-unsaturated/α-hetero) is 1. The van der Waals surface area contributed by atoms with Crippen molar-refractivity contribution in [3.8, 4) is 11.5 Å². The Morgan fingerprint density at radius 1 is 1.27 bits per heavy atom. The highest BCUT2D eigenvalue weighted by atomic mass is 35.5. The van der Waals surface area contributed by atoms with Crippen LogP contribution in [0.15, 0.2) is 48.7 Å². The van der Waals surface area contributed by atoms with Crippen molar-refractivity contribution in [2.45, 2.75) is 26.4 Å². The van der Waals surface area contributed by atoms with Crippen LogP contribution in [0.2, 0.25) is 5.02 Å². The van der Waals surface area contributed by atoms with Gasteiger partial charge in [-0.2, -0.15) is 0 Å².